The fourth-order valence-electron chi connectivity index (χ4n) is 3.95. The van der Waals surface area contributed by atoms with Gasteiger partial charge in [-0.25, -0.2) is 12.7 Å². The summed E-state index contributed by atoms with van der Waals surface area (Å²) in [5, 5.41) is 0. The first-order valence-electron chi connectivity index (χ1n) is 9.07. The molecule has 0 aromatic carbocycles. The molecule has 1 atom stereocenters. The fourth-order valence-corrected chi connectivity index (χ4v) is 4.84. The molecule has 6 nitrogen and oxygen atoms in total. The number of hydrogen-bond donors (Lipinski definition) is 0. The molecule has 1 amide bonds. The molecule has 0 bridgehead atoms. The Kier molecular flexibility index (Phi) is 5.74. The predicted octanol–water partition coefficient (Wildman–Crippen LogP) is 1.53. The molecule has 1 aromatic rings. The third-order valence-electron chi connectivity index (χ3n) is 5.27. The minimum atomic E-state index is -3.27. The van der Waals surface area contributed by atoms with Crippen molar-refractivity contribution in [2.45, 2.75) is 32.1 Å². The number of carbonyl (C=O) groups excluding carboxylic acids is 1. The maximum absolute atomic E-state index is 12.8. The van der Waals surface area contributed by atoms with Crippen LogP contribution < -0.4 is 0 Å². The van der Waals surface area contributed by atoms with Crippen LogP contribution >= 0.6 is 0 Å². The van der Waals surface area contributed by atoms with Gasteiger partial charge in [-0.15, -0.1) is 0 Å². The van der Waals surface area contributed by atoms with E-state index in [4.69, 9.17) is 0 Å². The maximum atomic E-state index is 12.8. The minimum Gasteiger partial charge on any atom is -0.341 e. The highest BCUT2D eigenvalue weighted by Gasteiger charge is 2.33. The molecule has 1 aromatic heterocycles. The first-order valence-corrected chi connectivity index (χ1v) is 10.9. The Balaban J connectivity index is 1.76. The Morgan fingerprint density at radius 3 is 2.60 bits per heavy atom. The molecule has 1 aliphatic heterocycles. The third kappa shape index (κ3) is 4.79. The van der Waals surface area contributed by atoms with Gasteiger partial charge in [-0.05, 0) is 37.3 Å². The van der Waals surface area contributed by atoms with E-state index in [1.165, 1.54) is 10.6 Å². The van der Waals surface area contributed by atoms with E-state index in [-0.39, 0.29) is 17.7 Å². The molecule has 1 saturated heterocycles. The summed E-state index contributed by atoms with van der Waals surface area (Å²) in [5.74, 6) is 0.400. The number of hydrogen-bond acceptors (Lipinski definition) is 4. The smallest absolute Gasteiger partial charge is 0.225 e. The number of rotatable bonds is 4. The summed E-state index contributed by atoms with van der Waals surface area (Å²) in [7, 11) is -3.27. The Bertz CT molecular complexity index is 687. The van der Waals surface area contributed by atoms with Gasteiger partial charge in [0, 0.05) is 44.0 Å². The molecule has 1 aliphatic carbocycles. The lowest BCUT2D eigenvalue weighted by atomic mass is 10.0. The highest BCUT2D eigenvalue weighted by atomic mass is 32.2. The average Bonchev–Trinajstić information content (AvgIpc) is 3.02. The number of sulfonamides is 1. The van der Waals surface area contributed by atoms with Gasteiger partial charge in [-0.2, -0.15) is 0 Å². The minimum absolute atomic E-state index is 0.0671. The zero-order chi connectivity index (χ0) is 17.9. The summed E-state index contributed by atoms with van der Waals surface area (Å²) >= 11 is 0. The van der Waals surface area contributed by atoms with Gasteiger partial charge in [-0.3, -0.25) is 9.78 Å². The number of pyridine rings is 1. The molecular weight excluding hydrogens is 338 g/mol. The SMILES string of the molecule is CS(=O)(=O)N1CCN(C(=O)C2CCCC2)C[C@H](Cc2ccccn2)C1. The van der Waals surface area contributed by atoms with Crippen LogP contribution in [-0.4, -0.2) is 60.9 Å². The normalized spacial score (nSPS) is 23.6. The van der Waals surface area contributed by atoms with Crippen LogP contribution in [0.2, 0.25) is 0 Å². The van der Waals surface area contributed by atoms with E-state index >= 15 is 0 Å². The number of carbonyl (C=O) groups is 1. The lowest BCUT2D eigenvalue weighted by Crippen LogP contribution is -2.40. The summed E-state index contributed by atoms with van der Waals surface area (Å²) in [5.41, 5.74) is 0.941. The molecule has 2 heterocycles. The van der Waals surface area contributed by atoms with Crippen LogP contribution in [0.1, 0.15) is 31.4 Å². The quantitative estimate of drug-likeness (QED) is 0.811. The Labute approximate surface area is 150 Å². The van der Waals surface area contributed by atoms with Crippen LogP contribution in [0.15, 0.2) is 24.4 Å². The molecule has 2 fully saturated rings. The van der Waals surface area contributed by atoms with E-state index in [0.717, 1.165) is 31.4 Å². The van der Waals surface area contributed by atoms with Gasteiger partial charge < -0.3 is 4.90 Å². The first-order chi connectivity index (χ1) is 11.9. The van der Waals surface area contributed by atoms with Crippen LogP contribution in [0, 0.1) is 11.8 Å². The fraction of sp³-hybridized carbons (Fsp3) is 0.667. The van der Waals surface area contributed by atoms with Crippen molar-refractivity contribution in [3.8, 4) is 0 Å². The summed E-state index contributed by atoms with van der Waals surface area (Å²) in [6, 6.07) is 5.77. The second kappa shape index (κ2) is 7.83. The molecule has 0 unspecified atom stereocenters. The van der Waals surface area contributed by atoms with Gasteiger partial charge in [0.2, 0.25) is 15.9 Å². The number of nitrogens with zero attached hydrogens (tertiary/aromatic N) is 3. The molecule has 0 spiro atoms. The van der Waals surface area contributed by atoms with Crippen molar-refractivity contribution in [2.75, 3.05) is 32.4 Å². The van der Waals surface area contributed by atoms with Crippen molar-refractivity contribution < 1.29 is 13.2 Å². The van der Waals surface area contributed by atoms with E-state index in [1.54, 1.807) is 6.20 Å². The Morgan fingerprint density at radius 2 is 1.96 bits per heavy atom. The van der Waals surface area contributed by atoms with Crippen molar-refractivity contribution >= 4 is 15.9 Å². The van der Waals surface area contributed by atoms with Gasteiger partial charge >= 0.3 is 0 Å². The van der Waals surface area contributed by atoms with Crippen molar-refractivity contribution in [1.82, 2.24) is 14.2 Å². The van der Waals surface area contributed by atoms with Crippen LogP contribution in [-0.2, 0) is 21.2 Å². The Morgan fingerprint density at radius 1 is 1.20 bits per heavy atom. The maximum Gasteiger partial charge on any atom is 0.225 e. The zero-order valence-corrected chi connectivity index (χ0v) is 15.6. The number of amides is 1. The predicted molar refractivity (Wildman–Crippen MR) is 96.4 cm³/mol. The molecule has 7 heteroatoms. The van der Waals surface area contributed by atoms with Crippen molar-refractivity contribution in [3.63, 3.8) is 0 Å². The van der Waals surface area contributed by atoms with Crippen LogP contribution in [0.25, 0.3) is 0 Å². The topological polar surface area (TPSA) is 70.6 Å². The third-order valence-corrected chi connectivity index (χ3v) is 6.54. The van der Waals surface area contributed by atoms with Gasteiger partial charge in [0.15, 0.2) is 0 Å². The molecular formula is C18H27N3O3S. The van der Waals surface area contributed by atoms with E-state index < -0.39 is 10.0 Å². The zero-order valence-electron chi connectivity index (χ0n) is 14.8. The second-order valence-corrected chi connectivity index (χ2v) is 9.26. The van der Waals surface area contributed by atoms with Crippen LogP contribution in [0.3, 0.4) is 0 Å². The van der Waals surface area contributed by atoms with Gasteiger partial charge in [-0.1, -0.05) is 18.9 Å². The molecule has 25 heavy (non-hydrogen) atoms. The van der Waals surface area contributed by atoms with Crippen molar-refractivity contribution in [2.24, 2.45) is 11.8 Å². The molecule has 138 valence electrons. The molecule has 0 N–H and O–H groups in total. The van der Waals surface area contributed by atoms with E-state index in [9.17, 15) is 13.2 Å². The van der Waals surface area contributed by atoms with Gasteiger partial charge in [0.1, 0.15) is 0 Å². The van der Waals surface area contributed by atoms with E-state index in [1.807, 2.05) is 23.1 Å². The van der Waals surface area contributed by atoms with E-state index in [0.29, 0.717) is 32.6 Å². The summed E-state index contributed by atoms with van der Waals surface area (Å²) in [6.07, 6.45) is 7.86. The monoisotopic (exact) mass is 365 g/mol. The largest absolute Gasteiger partial charge is 0.341 e. The standard InChI is InChI=1S/C18H27N3O3S/c1-25(23,24)21-11-10-20(18(22)16-6-2-3-7-16)13-15(14-21)12-17-8-4-5-9-19-17/h4-5,8-9,15-16H,2-3,6-7,10-14H2,1H3/t15-/m0/s1. The molecule has 2 aliphatic rings. The highest BCUT2D eigenvalue weighted by Crippen LogP contribution is 2.28. The molecule has 3 rings (SSSR count). The van der Waals surface area contributed by atoms with Gasteiger partial charge in [0.25, 0.3) is 0 Å². The molecule has 0 radical (unpaired) electrons. The van der Waals surface area contributed by atoms with Crippen molar-refractivity contribution in [1.29, 1.82) is 0 Å². The van der Waals surface area contributed by atoms with E-state index in [2.05, 4.69) is 4.98 Å². The number of aromatic nitrogens is 1. The van der Waals surface area contributed by atoms with Gasteiger partial charge in [0.05, 0.1) is 6.26 Å². The van der Waals surface area contributed by atoms with Crippen molar-refractivity contribution in [3.05, 3.63) is 30.1 Å². The first kappa shape index (κ1) is 18.3. The lowest BCUT2D eigenvalue weighted by molar-refractivity contribution is -0.135. The summed E-state index contributed by atoms with van der Waals surface area (Å²) in [6.45, 7) is 1.93. The van der Waals surface area contributed by atoms with Crippen LogP contribution in [0.5, 0.6) is 0 Å². The molecule has 1 saturated carbocycles. The Hall–Kier alpha value is -1.47. The summed E-state index contributed by atoms with van der Waals surface area (Å²) < 4.78 is 25.7. The van der Waals surface area contributed by atoms with Crippen LogP contribution in [0.4, 0.5) is 0 Å². The summed E-state index contributed by atoms with van der Waals surface area (Å²) in [4.78, 5) is 19.1. The lowest BCUT2D eigenvalue weighted by Gasteiger charge is -2.26. The second-order valence-electron chi connectivity index (χ2n) is 7.28. The highest BCUT2D eigenvalue weighted by molar-refractivity contribution is 7.88. The average molecular weight is 365 g/mol.